The number of nitrogens with one attached hydrogen (secondary N) is 2. The highest BCUT2D eigenvalue weighted by Crippen LogP contribution is 2.49. The highest BCUT2D eigenvalue weighted by atomic mass is 16.7. The zero-order chi connectivity index (χ0) is 27.7. The second kappa shape index (κ2) is 11.1. The molecule has 0 radical (unpaired) electrons. The lowest BCUT2D eigenvalue weighted by Gasteiger charge is -2.42. The summed E-state index contributed by atoms with van der Waals surface area (Å²) in [5.74, 6) is 0.308. The van der Waals surface area contributed by atoms with Crippen molar-refractivity contribution in [1.29, 1.82) is 0 Å². The number of phenols is 1. The molecule has 6 rings (SSSR count). The molecule has 1 amide bonds. The third-order valence-corrected chi connectivity index (χ3v) is 8.50. The Balaban J connectivity index is 1.08. The summed E-state index contributed by atoms with van der Waals surface area (Å²) in [5.41, 5.74) is 4.94. The van der Waals surface area contributed by atoms with Gasteiger partial charge in [0.2, 0.25) is 0 Å². The molecule has 0 bridgehead atoms. The number of aromatic nitrogens is 3. The van der Waals surface area contributed by atoms with Crippen LogP contribution in [-0.2, 0) is 16.1 Å². The average Bonchev–Trinajstić information content (AvgIpc) is 3.53. The molecule has 1 spiro atoms. The van der Waals surface area contributed by atoms with E-state index < -0.39 is 0 Å². The van der Waals surface area contributed by atoms with Crippen molar-refractivity contribution in [3.05, 3.63) is 47.3 Å². The van der Waals surface area contributed by atoms with Crippen molar-refractivity contribution in [2.24, 2.45) is 11.1 Å². The number of carbonyl (C=O) groups excluding carboxylic acids is 1. The number of fused-ring (bicyclic) bond motifs is 1. The molecule has 10 heteroatoms. The van der Waals surface area contributed by atoms with Gasteiger partial charge in [-0.3, -0.25) is 4.79 Å². The van der Waals surface area contributed by atoms with Gasteiger partial charge < -0.3 is 25.3 Å². The second-order valence-electron chi connectivity index (χ2n) is 11.4. The van der Waals surface area contributed by atoms with Crippen LogP contribution in [0.15, 0.2) is 35.6 Å². The number of benzene rings is 1. The van der Waals surface area contributed by atoms with E-state index in [4.69, 9.17) is 19.7 Å². The van der Waals surface area contributed by atoms with Crippen molar-refractivity contribution >= 4 is 28.3 Å². The summed E-state index contributed by atoms with van der Waals surface area (Å²) in [4.78, 5) is 23.2. The minimum atomic E-state index is -0.243. The van der Waals surface area contributed by atoms with E-state index in [9.17, 15) is 9.90 Å². The molecule has 212 valence electrons. The molecule has 1 saturated heterocycles. The lowest BCUT2D eigenvalue weighted by Crippen LogP contribution is -2.44. The quantitative estimate of drug-likeness (QED) is 0.337. The van der Waals surface area contributed by atoms with Gasteiger partial charge in [-0.05, 0) is 70.4 Å². The van der Waals surface area contributed by atoms with E-state index >= 15 is 0 Å². The zero-order valence-corrected chi connectivity index (χ0v) is 23.3. The highest BCUT2D eigenvalue weighted by molar-refractivity contribution is 6.11. The van der Waals surface area contributed by atoms with Gasteiger partial charge in [0.1, 0.15) is 11.4 Å². The first-order valence-corrected chi connectivity index (χ1v) is 14.5. The molecule has 4 heterocycles. The number of phenolic OH excluding ortho intramolecular Hbond substituents is 1. The van der Waals surface area contributed by atoms with Gasteiger partial charge in [0.25, 0.3) is 5.91 Å². The molecular formula is C30H38N6O4. The van der Waals surface area contributed by atoms with Crippen LogP contribution in [0, 0.1) is 12.8 Å². The number of anilines is 1. The van der Waals surface area contributed by atoms with Crippen LogP contribution in [0.3, 0.4) is 0 Å². The fourth-order valence-electron chi connectivity index (χ4n) is 6.39. The molecule has 3 aromatic rings. The second-order valence-corrected chi connectivity index (χ2v) is 11.4. The van der Waals surface area contributed by atoms with Crippen molar-refractivity contribution in [2.45, 2.75) is 77.0 Å². The van der Waals surface area contributed by atoms with Gasteiger partial charge in [-0.1, -0.05) is 17.3 Å². The fraction of sp³-hybridized carbons (Fsp3) is 0.533. The van der Waals surface area contributed by atoms with E-state index in [0.717, 1.165) is 98.4 Å². The summed E-state index contributed by atoms with van der Waals surface area (Å²) in [6.45, 7) is 7.01. The van der Waals surface area contributed by atoms with E-state index in [1.165, 1.54) is 6.07 Å². The Morgan fingerprint density at radius 2 is 2.02 bits per heavy atom. The SMILES string of the molecule is CCn1nc(C)c2c(NC3CCOCC3)c(C3=NOC4(C3)CC(CCCNC(=O)c3ccccc3O)C4)cnc21. The molecule has 10 nitrogen and oxygen atoms in total. The number of para-hydroxylation sites is 1. The van der Waals surface area contributed by atoms with E-state index in [2.05, 4.69) is 22.7 Å². The van der Waals surface area contributed by atoms with Gasteiger partial charge in [-0.15, -0.1) is 0 Å². The third-order valence-electron chi connectivity index (χ3n) is 8.50. The lowest BCUT2D eigenvalue weighted by molar-refractivity contribution is -0.109. The van der Waals surface area contributed by atoms with Crippen LogP contribution in [0.4, 0.5) is 5.69 Å². The molecule has 1 aliphatic carbocycles. The van der Waals surface area contributed by atoms with Crippen molar-refractivity contribution in [3.8, 4) is 5.75 Å². The number of aryl methyl sites for hydroxylation is 2. The van der Waals surface area contributed by atoms with Gasteiger partial charge in [-0.25, -0.2) is 9.67 Å². The minimum Gasteiger partial charge on any atom is -0.507 e. The lowest BCUT2D eigenvalue weighted by atomic mass is 9.67. The van der Waals surface area contributed by atoms with Crippen molar-refractivity contribution < 1.29 is 19.5 Å². The first-order chi connectivity index (χ1) is 19.5. The largest absolute Gasteiger partial charge is 0.507 e. The van der Waals surface area contributed by atoms with Gasteiger partial charge in [0, 0.05) is 50.5 Å². The smallest absolute Gasteiger partial charge is 0.255 e. The summed E-state index contributed by atoms with van der Waals surface area (Å²) in [6.07, 6.45) is 8.44. The number of amides is 1. The fourth-order valence-corrected chi connectivity index (χ4v) is 6.39. The van der Waals surface area contributed by atoms with Gasteiger partial charge in [0.15, 0.2) is 5.65 Å². The zero-order valence-electron chi connectivity index (χ0n) is 23.3. The molecule has 40 heavy (non-hydrogen) atoms. The van der Waals surface area contributed by atoms with E-state index in [1.807, 2.05) is 17.8 Å². The molecule has 2 aliphatic heterocycles. The number of carbonyl (C=O) groups is 1. The van der Waals surface area contributed by atoms with Crippen LogP contribution in [0.25, 0.3) is 11.0 Å². The van der Waals surface area contributed by atoms with Crippen LogP contribution in [-0.4, -0.2) is 62.9 Å². The molecule has 0 unspecified atom stereocenters. The Hall–Kier alpha value is -3.66. The van der Waals surface area contributed by atoms with Crippen molar-refractivity contribution in [3.63, 3.8) is 0 Å². The number of oxime groups is 1. The number of pyridine rings is 1. The van der Waals surface area contributed by atoms with Gasteiger partial charge in [-0.2, -0.15) is 5.10 Å². The van der Waals surface area contributed by atoms with Crippen LogP contribution in [0.5, 0.6) is 5.75 Å². The summed E-state index contributed by atoms with van der Waals surface area (Å²) in [7, 11) is 0. The minimum absolute atomic E-state index is 0.00458. The van der Waals surface area contributed by atoms with Crippen LogP contribution < -0.4 is 10.6 Å². The normalized spacial score (nSPS) is 22.6. The maximum Gasteiger partial charge on any atom is 0.255 e. The number of nitrogens with zero attached hydrogens (tertiary/aromatic N) is 4. The number of aromatic hydroxyl groups is 1. The van der Waals surface area contributed by atoms with E-state index in [-0.39, 0.29) is 17.3 Å². The first-order valence-electron chi connectivity index (χ1n) is 14.5. The maximum absolute atomic E-state index is 12.3. The van der Waals surface area contributed by atoms with Gasteiger partial charge >= 0.3 is 0 Å². The van der Waals surface area contributed by atoms with Crippen LogP contribution >= 0.6 is 0 Å². The monoisotopic (exact) mass is 546 g/mol. The Bertz CT molecular complexity index is 1420. The molecule has 3 aliphatic rings. The van der Waals surface area contributed by atoms with E-state index in [1.54, 1.807) is 18.2 Å². The summed E-state index contributed by atoms with van der Waals surface area (Å²) >= 11 is 0. The van der Waals surface area contributed by atoms with Crippen LogP contribution in [0.1, 0.15) is 73.5 Å². The Morgan fingerprint density at radius 3 is 2.80 bits per heavy atom. The van der Waals surface area contributed by atoms with Crippen molar-refractivity contribution in [1.82, 2.24) is 20.1 Å². The summed E-state index contributed by atoms with van der Waals surface area (Å²) < 4.78 is 7.55. The standard InChI is InChI=1S/C30H38N6O4/c1-3-36-28-26(19(2)34-36)27(33-21-10-13-39-14-11-21)23(18-32-28)24-17-30(40-35-24)15-20(16-30)7-6-12-31-29(38)22-8-4-5-9-25(22)37/h4-5,8-9,18,20-21,37H,3,6-7,10-17H2,1-2H3,(H,31,38)(H,32,33). The molecular weight excluding hydrogens is 508 g/mol. The van der Waals surface area contributed by atoms with Crippen molar-refractivity contribution in [2.75, 3.05) is 25.1 Å². The third kappa shape index (κ3) is 5.12. The van der Waals surface area contributed by atoms with E-state index in [0.29, 0.717) is 24.1 Å². The highest BCUT2D eigenvalue weighted by Gasteiger charge is 2.50. The molecule has 3 N–H and O–H groups in total. The predicted octanol–water partition coefficient (Wildman–Crippen LogP) is 4.54. The Kier molecular flexibility index (Phi) is 7.35. The predicted molar refractivity (Wildman–Crippen MR) is 153 cm³/mol. The number of hydrogen-bond donors (Lipinski definition) is 3. The number of rotatable bonds is 9. The average molecular weight is 547 g/mol. The molecule has 0 atom stereocenters. The number of hydrogen-bond acceptors (Lipinski definition) is 8. The molecule has 2 fully saturated rings. The van der Waals surface area contributed by atoms with Crippen LogP contribution in [0.2, 0.25) is 0 Å². The first kappa shape index (κ1) is 26.6. The topological polar surface area (TPSA) is 123 Å². The summed E-state index contributed by atoms with van der Waals surface area (Å²) in [5, 5.41) is 27.0. The Labute approximate surface area is 234 Å². The summed E-state index contributed by atoms with van der Waals surface area (Å²) in [6, 6.07) is 6.94. The van der Waals surface area contributed by atoms with Gasteiger partial charge in [0.05, 0.1) is 28.0 Å². The molecule has 1 saturated carbocycles. The molecule has 1 aromatic carbocycles. The number of ether oxygens (including phenoxy) is 1. The molecule has 2 aromatic heterocycles. The maximum atomic E-state index is 12.3. The Morgan fingerprint density at radius 1 is 1.23 bits per heavy atom.